The van der Waals surface area contributed by atoms with Crippen LogP contribution in [-0.4, -0.2) is 38.5 Å². The van der Waals surface area contributed by atoms with Gasteiger partial charge in [-0.3, -0.25) is 9.52 Å². The van der Waals surface area contributed by atoms with Crippen molar-refractivity contribution in [1.82, 2.24) is 0 Å². The first kappa shape index (κ1) is 22.4. The van der Waals surface area contributed by atoms with Crippen LogP contribution in [-0.2, 0) is 19.6 Å². The van der Waals surface area contributed by atoms with E-state index in [1.807, 2.05) is 0 Å². The third kappa shape index (κ3) is 5.18. The van der Waals surface area contributed by atoms with E-state index >= 15 is 0 Å². The summed E-state index contributed by atoms with van der Waals surface area (Å²) in [6, 6.07) is 16.4. The number of phenols is 1. The molecule has 4 rings (SSSR count). The van der Waals surface area contributed by atoms with Crippen LogP contribution in [0.4, 0.5) is 17.1 Å². The molecule has 0 bridgehead atoms. The van der Waals surface area contributed by atoms with Crippen LogP contribution >= 0.6 is 11.6 Å². The first-order valence-corrected chi connectivity index (χ1v) is 11.5. The predicted octanol–water partition coefficient (Wildman–Crippen LogP) is 3.21. The van der Waals surface area contributed by atoms with E-state index in [4.69, 9.17) is 16.3 Å². The van der Waals surface area contributed by atoms with Gasteiger partial charge in [-0.25, -0.2) is 13.2 Å². The molecule has 1 heterocycles. The van der Waals surface area contributed by atoms with E-state index in [1.165, 1.54) is 41.3 Å². The number of anilines is 3. The van der Waals surface area contributed by atoms with Crippen molar-refractivity contribution in [3.8, 4) is 11.5 Å². The summed E-state index contributed by atoms with van der Waals surface area (Å²) in [5, 5.41) is 13.1. The highest BCUT2D eigenvalue weighted by Gasteiger charge is 2.26. The fourth-order valence-electron chi connectivity index (χ4n) is 3.22. The molecule has 1 aliphatic heterocycles. The number of halogens is 1. The standard InChI is InChI=1S/C22H18ClN3O6S/c23-14-5-7-15(8-6-14)25-33(30,31)16-9-10-19(27)17(11-16)24-21(28)12-26-13-22(29)32-20-4-2-1-3-18(20)26/h1-11,25,27H,12-13H2,(H,24,28). The van der Waals surface area contributed by atoms with E-state index < -0.39 is 21.9 Å². The summed E-state index contributed by atoms with van der Waals surface area (Å²) < 4.78 is 33.0. The van der Waals surface area contributed by atoms with Crippen LogP contribution in [0.3, 0.4) is 0 Å². The SMILES string of the molecule is O=C(CN1CC(=O)Oc2ccccc21)Nc1cc(S(=O)(=O)Nc2ccc(Cl)cc2)ccc1O. The molecule has 3 aromatic carbocycles. The number of benzene rings is 3. The van der Waals surface area contributed by atoms with Gasteiger partial charge in [0.15, 0.2) is 5.75 Å². The second-order valence-electron chi connectivity index (χ2n) is 7.14. The Morgan fingerprint density at radius 3 is 2.58 bits per heavy atom. The number of carbonyl (C=O) groups excluding carboxylic acids is 2. The average Bonchev–Trinajstić information content (AvgIpc) is 2.76. The third-order valence-electron chi connectivity index (χ3n) is 4.73. The van der Waals surface area contributed by atoms with Gasteiger partial charge in [0.2, 0.25) is 5.91 Å². The van der Waals surface area contributed by atoms with E-state index in [1.54, 1.807) is 24.3 Å². The summed E-state index contributed by atoms with van der Waals surface area (Å²) in [6.45, 7) is -0.346. The molecular formula is C22H18ClN3O6S. The smallest absolute Gasteiger partial charge is 0.331 e. The van der Waals surface area contributed by atoms with Crippen molar-refractivity contribution in [2.24, 2.45) is 0 Å². The fraction of sp³-hybridized carbons (Fsp3) is 0.0909. The third-order valence-corrected chi connectivity index (χ3v) is 6.36. The molecule has 11 heteroatoms. The number of rotatable bonds is 6. The van der Waals surface area contributed by atoms with Gasteiger partial charge in [0.1, 0.15) is 12.3 Å². The molecule has 0 saturated carbocycles. The van der Waals surface area contributed by atoms with E-state index in [0.717, 1.165) is 6.07 Å². The molecule has 3 N–H and O–H groups in total. The average molecular weight is 488 g/mol. The van der Waals surface area contributed by atoms with Crippen molar-refractivity contribution in [3.63, 3.8) is 0 Å². The number of nitrogens with zero attached hydrogens (tertiary/aromatic N) is 1. The molecule has 0 aliphatic carbocycles. The van der Waals surface area contributed by atoms with Crippen LogP contribution in [0, 0.1) is 0 Å². The van der Waals surface area contributed by atoms with Gasteiger partial charge in [-0.15, -0.1) is 0 Å². The van der Waals surface area contributed by atoms with Crippen molar-refractivity contribution in [2.75, 3.05) is 28.0 Å². The molecule has 170 valence electrons. The van der Waals surface area contributed by atoms with E-state index in [9.17, 15) is 23.1 Å². The van der Waals surface area contributed by atoms with Crippen molar-refractivity contribution in [2.45, 2.75) is 4.90 Å². The maximum absolute atomic E-state index is 12.7. The summed E-state index contributed by atoms with van der Waals surface area (Å²) in [6.07, 6.45) is 0. The summed E-state index contributed by atoms with van der Waals surface area (Å²) in [7, 11) is -4.00. The number of fused-ring (bicyclic) bond motifs is 1. The van der Waals surface area contributed by atoms with Crippen LogP contribution in [0.1, 0.15) is 0 Å². The maximum Gasteiger partial charge on any atom is 0.331 e. The van der Waals surface area contributed by atoms with Gasteiger partial charge in [0.05, 0.1) is 22.8 Å². The minimum Gasteiger partial charge on any atom is -0.506 e. The number of hydrogen-bond acceptors (Lipinski definition) is 7. The number of nitrogens with one attached hydrogen (secondary N) is 2. The first-order chi connectivity index (χ1) is 15.7. The van der Waals surface area contributed by atoms with E-state index in [2.05, 4.69) is 10.0 Å². The normalized spacial score (nSPS) is 13.1. The molecule has 9 nitrogen and oxygen atoms in total. The lowest BCUT2D eigenvalue weighted by atomic mass is 10.2. The second-order valence-corrected chi connectivity index (χ2v) is 9.26. The Kier molecular flexibility index (Phi) is 6.12. The lowest BCUT2D eigenvalue weighted by Crippen LogP contribution is -2.41. The second kappa shape index (κ2) is 9.00. The van der Waals surface area contributed by atoms with Gasteiger partial charge in [-0.05, 0) is 54.6 Å². The Bertz CT molecular complexity index is 1330. The van der Waals surface area contributed by atoms with Crippen molar-refractivity contribution in [3.05, 3.63) is 71.8 Å². The van der Waals surface area contributed by atoms with Gasteiger partial charge >= 0.3 is 5.97 Å². The largest absolute Gasteiger partial charge is 0.506 e. The molecule has 0 spiro atoms. The van der Waals surface area contributed by atoms with Crippen LogP contribution in [0.25, 0.3) is 0 Å². The minimum absolute atomic E-state index is 0.0909. The number of carbonyl (C=O) groups is 2. The number of hydrogen-bond donors (Lipinski definition) is 3. The number of esters is 1. The molecule has 1 aliphatic rings. The lowest BCUT2D eigenvalue weighted by Gasteiger charge is -2.29. The molecular weight excluding hydrogens is 470 g/mol. The van der Waals surface area contributed by atoms with Gasteiger partial charge in [-0.1, -0.05) is 23.7 Å². The van der Waals surface area contributed by atoms with Gasteiger partial charge in [0.25, 0.3) is 10.0 Å². The Hall–Kier alpha value is -3.76. The number of sulfonamides is 1. The summed E-state index contributed by atoms with van der Waals surface area (Å²) in [5.74, 6) is -1.04. The highest BCUT2D eigenvalue weighted by atomic mass is 35.5. The van der Waals surface area contributed by atoms with E-state index in [-0.39, 0.29) is 29.4 Å². The summed E-state index contributed by atoms with van der Waals surface area (Å²) >= 11 is 5.82. The Morgan fingerprint density at radius 2 is 1.82 bits per heavy atom. The molecule has 0 aromatic heterocycles. The number of aromatic hydroxyl groups is 1. The zero-order valence-electron chi connectivity index (χ0n) is 17.0. The summed E-state index contributed by atoms with van der Waals surface area (Å²) in [4.78, 5) is 25.8. The quantitative estimate of drug-likeness (QED) is 0.277. The Morgan fingerprint density at radius 1 is 1.09 bits per heavy atom. The molecule has 0 unspecified atom stereocenters. The van der Waals surface area contributed by atoms with Crippen molar-refractivity contribution >= 4 is 50.6 Å². The minimum atomic E-state index is -4.00. The van der Waals surface area contributed by atoms with Crippen molar-refractivity contribution < 1.29 is 27.9 Å². The Labute approximate surface area is 194 Å². The molecule has 1 amide bonds. The zero-order valence-corrected chi connectivity index (χ0v) is 18.6. The molecule has 3 aromatic rings. The highest BCUT2D eigenvalue weighted by molar-refractivity contribution is 7.92. The predicted molar refractivity (Wildman–Crippen MR) is 123 cm³/mol. The fourth-order valence-corrected chi connectivity index (χ4v) is 4.43. The van der Waals surface area contributed by atoms with Crippen LogP contribution < -0.4 is 19.7 Å². The van der Waals surface area contributed by atoms with Gasteiger partial charge < -0.3 is 20.1 Å². The topological polar surface area (TPSA) is 125 Å². The van der Waals surface area contributed by atoms with Gasteiger partial charge in [-0.2, -0.15) is 0 Å². The first-order valence-electron chi connectivity index (χ1n) is 9.67. The number of phenolic OH excluding ortho intramolecular Hbond substituents is 1. The highest BCUT2D eigenvalue weighted by Crippen LogP contribution is 2.32. The summed E-state index contributed by atoms with van der Waals surface area (Å²) in [5.41, 5.74) is 0.778. The molecule has 0 saturated heterocycles. The van der Waals surface area contributed by atoms with Gasteiger partial charge in [0, 0.05) is 10.7 Å². The van der Waals surface area contributed by atoms with E-state index in [0.29, 0.717) is 22.1 Å². The number of amides is 1. The molecule has 0 fully saturated rings. The van der Waals surface area contributed by atoms with Crippen LogP contribution in [0.5, 0.6) is 11.5 Å². The number of para-hydroxylation sites is 2. The molecule has 33 heavy (non-hydrogen) atoms. The van der Waals surface area contributed by atoms with Crippen LogP contribution in [0.2, 0.25) is 5.02 Å². The molecule has 0 atom stereocenters. The lowest BCUT2D eigenvalue weighted by molar-refractivity contribution is -0.133. The number of ether oxygens (including phenoxy) is 1. The Balaban J connectivity index is 1.51. The van der Waals surface area contributed by atoms with Crippen molar-refractivity contribution in [1.29, 1.82) is 0 Å². The zero-order chi connectivity index (χ0) is 23.6. The monoisotopic (exact) mass is 487 g/mol. The maximum atomic E-state index is 12.7. The molecule has 0 radical (unpaired) electrons. The van der Waals surface area contributed by atoms with Crippen LogP contribution in [0.15, 0.2) is 71.6 Å².